The molecule has 0 unspecified atom stereocenters. The lowest BCUT2D eigenvalue weighted by molar-refractivity contribution is -0.139. The summed E-state index contributed by atoms with van der Waals surface area (Å²) in [7, 11) is 0. The molecule has 0 atom stereocenters. The Bertz CT molecular complexity index is 422. The monoisotopic (exact) mass is 278 g/mol. The van der Waals surface area contributed by atoms with Gasteiger partial charge in [-0.05, 0) is 31.5 Å². The lowest BCUT2D eigenvalue weighted by atomic mass is 10.1. The molecule has 2 N–H and O–H groups in total. The van der Waals surface area contributed by atoms with Crippen LogP contribution in [-0.2, 0) is 12.8 Å². The highest BCUT2D eigenvalue weighted by Gasteiger charge is 2.34. The minimum atomic E-state index is -4.55. The fourth-order valence-electron chi connectivity index (χ4n) is 1.43. The van der Waals surface area contributed by atoms with Gasteiger partial charge in [-0.3, -0.25) is 0 Å². The second-order valence-electron chi connectivity index (χ2n) is 4.90. The second kappa shape index (κ2) is 5.79. The summed E-state index contributed by atoms with van der Waals surface area (Å²) in [4.78, 5) is 0. The normalized spacial score (nSPS) is 12.6. The van der Waals surface area contributed by atoms with Gasteiger partial charge >= 0.3 is 6.18 Å². The van der Waals surface area contributed by atoms with Crippen LogP contribution in [0.25, 0.3) is 0 Å². The highest BCUT2D eigenvalue weighted by Crippen LogP contribution is 2.37. The summed E-state index contributed by atoms with van der Waals surface area (Å²) < 4.78 is 43.5. The molecule has 0 aromatic heterocycles. The van der Waals surface area contributed by atoms with Gasteiger partial charge in [-0.25, -0.2) is 0 Å². The number of ether oxygens (including phenoxy) is 1. The van der Waals surface area contributed by atoms with Crippen molar-refractivity contribution in [2.45, 2.75) is 38.7 Å². The van der Waals surface area contributed by atoms with E-state index in [2.05, 4.69) is 0 Å². The van der Waals surface area contributed by atoms with Crippen LogP contribution in [0.4, 0.5) is 13.2 Å². The van der Waals surface area contributed by atoms with Crippen molar-refractivity contribution < 1.29 is 28.1 Å². The van der Waals surface area contributed by atoms with Crippen LogP contribution in [0.15, 0.2) is 18.2 Å². The van der Waals surface area contributed by atoms with Crippen LogP contribution in [0.2, 0.25) is 0 Å². The molecule has 3 nitrogen and oxygen atoms in total. The van der Waals surface area contributed by atoms with E-state index in [9.17, 15) is 18.3 Å². The zero-order valence-corrected chi connectivity index (χ0v) is 10.8. The van der Waals surface area contributed by atoms with E-state index in [1.54, 1.807) is 13.8 Å². The number of rotatable bonds is 5. The average molecular weight is 278 g/mol. The van der Waals surface area contributed by atoms with Crippen LogP contribution in [-0.4, -0.2) is 22.4 Å². The first kappa shape index (κ1) is 15.8. The molecule has 0 spiro atoms. The standard InChI is InChI=1S/C13H17F3O3/c1-12(2,18)5-6-19-11-4-3-9(8-17)7-10(11)13(14,15)16/h3-4,7,17-18H,5-6,8H2,1-2H3. The Morgan fingerprint density at radius 3 is 2.32 bits per heavy atom. The number of hydrogen-bond acceptors (Lipinski definition) is 3. The van der Waals surface area contributed by atoms with Gasteiger partial charge in [0.15, 0.2) is 0 Å². The molecule has 0 heterocycles. The van der Waals surface area contributed by atoms with E-state index < -0.39 is 23.9 Å². The number of aliphatic hydroxyl groups excluding tert-OH is 1. The smallest absolute Gasteiger partial charge is 0.419 e. The quantitative estimate of drug-likeness (QED) is 0.870. The summed E-state index contributed by atoms with van der Waals surface area (Å²) >= 11 is 0. The molecular weight excluding hydrogens is 261 g/mol. The first-order valence-electron chi connectivity index (χ1n) is 5.79. The first-order valence-corrected chi connectivity index (χ1v) is 5.79. The fourth-order valence-corrected chi connectivity index (χ4v) is 1.43. The van der Waals surface area contributed by atoms with E-state index in [4.69, 9.17) is 9.84 Å². The Morgan fingerprint density at radius 2 is 1.84 bits per heavy atom. The maximum Gasteiger partial charge on any atom is 0.419 e. The summed E-state index contributed by atoms with van der Waals surface area (Å²) in [6, 6.07) is 3.41. The van der Waals surface area contributed by atoms with Crippen molar-refractivity contribution in [2.75, 3.05) is 6.61 Å². The highest BCUT2D eigenvalue weighted by atomic mass is 19.4. The van der Waals surface area contributed by atoms with Crippen LogP contribution in [0.3, 0.4) is 0 Å². The third kappa shape index (κ3) is 5.08. The SMILES string of the molecule is CC(C)(O)CCOc1ccc(CO)cc1C(F)(F)F. The van der Waals surface area contributed by atoms with Gasteiger partial charge < -0.3 is 14.9 Å². The van der Waals surface area contributed by atoms with E-state index in [0.717, 1.165) is 6.07 Å². The summed E-state index contributed by atoms with van der Waals surface area (Å²) in [6.45, 7) is 2.61. The minimum absolute atomic E-state index is 0.0228. The number of halogens is 3. The van der Waals surface area contributed by atoms with Crippen LogP contribution < -0.4 is 4.74 Å². The van der Waals surface area contributed by atoms with Gasteiger partial charge in [0, 0.05) is 6.42 Å². The third-order valence-corrected chi connectivity index (χ3v) is 2.50. The number of aliphatic hydroxyl groups is 2. The fraction of sp³-hybridized carbons (Fsp3) is 0.538. The minimum Gasteiger partial charge on any atom is -0.493 e. The maximum atomic E-state index is 12.8. The second-order valence-corrected chi connectivity index (χ2v) is 4.90. The molecule has 1 aromatic rings. The number of hydrogen-bond donors (Lipinski definition) is 2. The third-order valence-electron chi connectivity index (χ3n) is 2.50. The Morgan fingerprint density at radius 1 is 1.21 bits per heavy atom. The largest absolute Gasteiger partial charge is 0.493 e. The summed E-state index contributed by atoms with van der Waals surface area (Å²) in [6.07, 6.45) is -4.33. The Balaban J connectivity index is 2.88. The molecule has 1 rings (SSSR count). The lowest BCUT2D eigenvalue weighted by Crippen LogP contribution is -2.22. The molecule has 1 aromatic carbocycles. The highest BCUT2D eigenvalue weighted by molar-refractivity contribution is 5.39. The molecule has 0 saturated carbocycles. The molecule has 0 saturated heterocycles. The predicted octanol–water partition coefficient (Wildman–Crippen LogP) is 2.74. The van der Waals surface area contributed by atoms with Crippen molar-refractivity contribution >= 4 is 0 Å². The zero-order chi connectivity index (χ0) is 14.7. The lowest BCUT2D eigenvalue weighted by Gasteiger charge is -2.19. The summed E-state index contributed by atoms with van der Waals surface area (Å²) in [5.41, 5.74) is -1.75. The van der Waals surface area contributed by atoms with Gasteiger partial charge in [0.25, 0.3) is 0 Å². The van der Waals surface area contributed by atoms with E-state index in [1.165, 1.54) is 12.1 Å². The molecule has 0 fully saturated rings. The molecule has 6 heteroatoms. The van der Waals surface area contributed by atoms with E-state index in [-0.39, 0.29) is 24.3 Å². The van der Waals surface area contributed by atoms with Crippen molar-refractivity contribution in [2.24, 2.45) is 0 Å². The van der Waals surface area contributed by atoms with Crippen molar-refractivity contribution in [1.29, 1.82) is 0 Å². The van der Waals surface area contributed by atoms with Gasteiger partial charge in [0.05, 0.1) is 24.4 Å². The topological polar surface area (TPSA) is 49.7 Å². The maximum absolute atomic E-state index is 12.8. The number of benzene rings is 1. The van der Waals surface area contributed by atoms with Gasteiger partial charge in [-0.15, -0.1) is 0 Å². The van der Waals surface area contributed by atoms with Gasteiger partial charge in [0.2, 0.25) is 0 Å². The van der Waals surface area contributed by atoms with E-state index >= 15 is 0 Å². The van der Waals surface area contributed by atoms with Crippen LogP contribution in [0.1, 0.15) is 31.4 Å². The predicted molar refractivity (Wildman–Crippen MR) is 63.8 cm³/mol. The van der Waals surface area contributed by atoms with Crippen LogP contribution >= 0.6 is 0 Å². The van der Waals surface area contributed by atoms with Crippen LogP contribution in [0, 0.1) is 0 Å². The van der Waals surface area contributed by atoms with E-state index in [1.807, 2.05) is 0 Å². The molecule has 0 radical (unpaired) electrons. The molecule has 108 valence electrons. The summed E-state index contributed by atoms with van der Waals surface area (Å²) in [5, 5.41) is 18.3. The van der Waals surface area contributed by atoms with Gasteiger partial charge in [-0.2, -0.15) is 13.2 Å². The van der Waals surface area contributed by atoms with Crippen molar-refractivity contribution in [1.82, 2.24) is 0 Å². The van der Waals surface area contributed by atoms with Crippen molar-refractivity contribution in [3.63, 3.8) is 0 Å². The Kier molecular flexibility index (Phi) is 4.81. The Labute approximate surface area is 109 Å². The van der Waals surface area contributed by atoms with Crippen molar-refractivity contribution in [3.05, 3.63) is 29.3 Å². The molecular formula is C13H17F3O3. The first-order chi connectivity index (χ1) is 8.63. The molecule has 0 amide bonds. The zero-order valence-electron chi connectivity index (χ0n) is 10.8. The molecule has 0 aliphatic heterocycles. The van der Waals surface area contributed by atoms with E-state index in [0.29, 0.717) is 0 Å². The van der Waals surface area contributed by atoms with Crippen LogP contribution in [0.5, 0.6) is 5.75 Å². The van der Waals surface area contributed by atoms with Crippen molar-refractivity contribution in [3.8, 4) is 5.75 Å². The molecule has 0 bridgehead atoms. The average Bonchev–Trinajstić information content (AvgIpc) is 2.26. The molecule has 0 aliphatic rings. The molecule has 0 aliphatic carbocycles. The van der Waals surface area contributed by atoms with Gasteiger partial charge in [-0.1, -0.05) is 6.07 Å². The number of alkyl halides is 3. The summed E-state index contributed by atoms with van der Waals surface area (Å²) in [5.74, 6) is -0.297. The molecule has 19 heavy (non-hydrogen) atoms. The van der Waals surface area contributed by atoms with Gasteiger partial charge in [0.1, 0.15) is 5.75 Å². The Hall–Kier alpha value is -1.27.